The molecular formula is C23H25BrClFN4O4. The number of amides is 1. The highest BCUT2D eigenvalue weighted by Crippen LogP contribution is 2.29. The van der Waals surface area contributed by atoms with E-state index < -0.39 is 23.1 Å². The van der Waals surface area contributed by atoms with Crippen LogP contribution in [0.2, 0.25) is 5.15 Å². The Morgan fingerprint density at radius 1 is 1.29 bits per heavy atom. The van der Waals surface area contributed by atoms with Gasteiger partial charge in [-0.15, -0.1) is 0 Å². The van der Waals surface area contributed by atoms with Crippen molar-refractivity contribution < 1.29 is 19.0 Å². The van der Waals surface area contributed by atoms with Gasteiger partial charge in [-0.1, -0.05) is 11.6 Å². The first-order valence-corrected chi connectivity index (χ1v) is 12.0. The zero-order valence-electron chi connectivity index (χ0n) is 19.0. The summed E-state index contributed by atoms with van der Waals surface area (Å²) in [6, 6.07) is 5.89. The molecule has 0 atom stereocenters. The van der Waals surface area contributed by atoms with E-state index in [1.54, 1.807) is 42.4 Å². The number of ether oxygens (including phenoxy) is 1. The van der Waals surface area contributed by atoms with E-state index in [-0.39, 0.29) is 27.1 Å². The SMILES string of the molecule is CC(C)(C)OC(=O)N1CCC(O)(Cn2cnc3c(cc(Cl)n3-c3ccc(F)c(Br)c3)c2=O)CC1. The summed E-state index contributed by atoms with van der Waals surface area (Å²) >= 11 is 9.55. The van der Waals surface area contributed by atoms with Gasteiger partial charge in [-0.3, -0.25) is 13.9 Å². The molecule has 1 N–H and O–H groups in total. The highest BCUT2D eigenvalue weighted by molar-refractivity contribution is 9.10. The summed E-state index contributed by atoms with van der Waals surface area (Å²) in [6.45, 7) is 6.07. The zero-order chi connectivity index (χ0) is 24.8. The van der Waals surface area contributed by atoms with Crippen LogP contribution in [0.3, 0.4) is 0 Å². The summed E-state index contributed by atoms with van der Waals surface area (Å²) in [7, 11) is 0. The zero-order valence-corrected chi connectivity index (χ0v) is 21.4. The van der Waals surface area contributed by atoms with Crippen molar-refractivity contribution in [2.75, 3.05) is 13.1 Å². The van der Waals surface area contributed by atoms with Crippen molar-refractivity contribution >= 4 is 44.7 Å². The Kier molecular flexibility index (Phi) is 6.52. The number of nitrogens with zero attached hydrogens (tertiary/aromatic N) is 4. The number of likely N-dealkylation sites (tertiary alicyclic amines) is 1. The predicted molar refractivity (Wildman–Crippen MR) is 130 cm³/mol. The number of fused-ring (bicyclic) bond motifs is 1. The lowest BCUT2D eigenvalue weighted by atomic mass is 9.91. The number of hydrogen-bond acceptors (Lipinski definition) is 5. The van der Waals surface area contributed by atoms with Crippen molar-refractivity contribution in [3.05, 3.63) is 56.4 Å². The van der Waals surface area contributed by atoms with Gasteiger partial charge in [0.25, 0.3) is 5.56 Å². The van der Waals surface area contributed by atoms with Gasteiger partial charge in [0.2, 0.25) is 0 Å². The Bertz CT molecular complexity index is 1310. The summed E-state index contributed by atoms with van der Waals surface area (Å²) in [6.07, 6.45) is 1.54. The third kappa shape index (κ3) is 4.99. The van der Waals surface area contributed by atoms with Crippen LogP contribution < -0.4 is 5.56 Å². The molecule has 2 aromatic heterocycles. The van der Waals surface area contributed by atoms with Gasteiger partial charge >= 0.3 is 6.09 Å². The number of halogens is 3. The molecule has 8 nitrogen and oxygen atoms in total. The van der Waals surface area contributed by atoms with E-state index in [0.717, 1.165) is 0 Å². The van der Waals surface area contributed by atoms with Gasteiger partial charge in [0, 0.05) is 18.8 Å². The normalized spacial score (nSPS) is 16.1. The van der Waals surface area contributed by atoms with Crippen LogP contribution in [0.4, 0.5) is 9.18 Å². The number of hydrogen-bond donors (Lipinski definition) is 1. The second-order valence-electron chi connectivity index (χ2n) is 9.51. The molecule has 1 aliphatic rings. The molecule has 0 unspecified atom stereocenters. The van der Waals surface area contributed by atoms with Crippen LogP contribution in [0.15, 0.2) is 39.9 Å². The van der Waals surface area contributed by atoms with Crippen LogP contribution >= 0.6 is 27.5 Å². The minimum Gasteiger partial charge on any atom is -0.444 e. The van der Waals surface area contributed by atoms with Gasteiger partial charge in [0.15, 0.2) is 5.65 Å². The molecule has 1 fully saturated rings. The minimum atomic E-state index is -1.17. The number of aliphatic hydroxyl groups is 1. The smallest absolute Gasteiger partial charge is 0.410 e. The van der Waals surface area contributed by atoms with Crippen molar-refractivity contribution in [3.63, 3.8) is 0 Å². The van der Waals surface area contributed by atoms with Gasteiger partial charge in [-0.25, -0.2) is 14.2 Å². The van der Waals surface area contributed by atoms with Gasteiger partial charge in [0.05, 0.1) is 22.0 Å². The fourth-order valence-corrected chi connectivity index (χ4v) is 4.63. The molecule has 3 aromatic rings. The molecular weight excluding hydrogens is 531 g/mol. The summed E-state index contributed by atoms with van der Waals surface area (Å²) in [5.74, 6) is -0.419. The quantitative estimate of drug-likeness (QED) is 0.514. The lowest BCUT2D eigenvalue weighted by Gasteiger charge is -2.38. The fraction of sp³-hybridized carbons (Fsp3) is 0.435. The molecule has 34 heavy (non-hydrogen) atoms. The molecule has 0 saturated carbocycles. The first kappa shape index (κ1) is 24.7. The Hall–Kier alpha value is -2.43. The monoisotopic (exact) mass is 554 g/mol. The van der Waals surface area contributed by atoms with Gasteiger partial charge in [0.1, 0.15) is 22.9 Å². The van der Waals surface area contributed by atoms with Gasteiger partial charge in [-0.05, 0) is 73.8 Å². The van der Waals surface area contributed by atoms with E-state index in [1.165, 1.54) is 23.0 Å². The first-order valence-electron chi connectivity index (χ1n) is 10.8. The summed E-state index contributed by atoms with van der Waals surface area (Å²) in [4.78, 5) is 31.4. The Morgan fingerprint density at radius 2 is 1.97 bits per heavy atom. The molecule has 0 bridgehead atoms. The number of piperidine rings is 1. The van der Waals surface area contributed by atoms with Crippen LogP contribution in [0, 0.1) is 5.82 Å². The summed E-state index contributed by atoms with van der Waals surface area (Å²) in [5, 5.41) is 11.6. The predicted octanol–water partition coefficient (Wildman–Crippen LogP) is 4.50. The van der Waals surface area contributed by atoms with Crippen LogP contribution in [-0.2, 0) is 11.3 Å². The first-order chi connectivity index (χ1) is 15.9. The van der Waals surface area contributed by atoms with Crippen molar-refractivity contribution in [2.24, 2.45) is 0 Å². The third-order valence-electron chi connectivity index (χ3n) is 5.71. The Morgan fingerprint density at radius 3 is 2.59 bits per heavy atom. The molecule has 11 heteroatoms. The fourth-order valence-electron chi connectivity index (χ4n) is 3.98. The van der Waals surface area contributed by atoms with E-state index in [9.17, 15) is 19.1 Å². The van der Waals surface area contributed by atoms with E-state index in [4.69, 9.17) is 16.3 Å². The van der Waals surface area contributed by atoms with Gasteiger partial charge in [-0.2, -0.15) is 0 Å². The van der Waals surface area contributed by atoms with Crippen molar-refractivity contribution in [3.8, 4) is 5.69 Å². The second-order valence-corrected chi connectivity index (χ2v) is 10.7. The van der Waals surface area contributed by atoms with Crippen molar-refractivity contribution in [2.45, 2.75) is 51.4 Å². The lowest BCUT2D eigenvalue weighted by molar-refractivity contribution is -0.0419. The molecule has 4 rings (SSSR count). The molecule has 1 saturated heterocycles. The number of carbonyl (C=O) groups is 1. The topological polar surface area (TPSA) is 89.6 Å². The average Bonchev–Trinajstić information content (AvgIpc) is 3.08. The number of benzene rings is 1. The molecule has 1 amide bonds. The van der Waals surface area contributed by atoms with E-state index in [0.29, 0.717) is 37.3 Å². The highest BCUT2D eigenvalue weighted by Gasteiger charge is 2.36. The van der Waals surface area contributed by atoms with E-state index in [2.05, 4.69) is 20.9 Å². The largest absolute Gasteiger partial charge is 0.444 e. The molecule has 1 aliphatic heterocycles. The maximum atomic E-state index is 13.7. The minimum absolute atomic E-state index is 0.0296. The maximum absolute atomic E-state index is 13.7. The lowest BCUT2D eigenvalue weighted by Crippen LogP contribution is -2.50. The van der Waals surface area contributed by atoms with Crippen LogP contribution in [-0.4, -0.2) is 54.5 Å². The van der Waals surface area contributed by atoms with Crippen LogP contribution in [0.1, 0.15) is 33.6 Å². The molecule has 0 aliphatic carbocycles. The van der Waals surface area contributed by atoms with E-state index in [1.807, 2.05) is 0 Å². The second kappa shape index (κ2) is 8.98. The molecule has 182 valence electrons. The molecule has 1 aromatic carbocycles. The Labute approximate surface area is 209 Å². The van der Waals surface area contributed by atoms with Crippen LogP contribution in [0.25, 0.3) is 16.7 Å². The average molecular weight is 556 g/mol. The van der Waals surface area contributed by atoms with Gasteiger partial charge < -0.3 is 14.7 Å². The van der Waals surface area contributed by atoms with Crippen molar-refractivity contribution in [1.29, 1.82) is 0 Å². The summed E-state index contributed by atoms with van der Waals surface area (Å²) in [5.41, 5.74) is -1.25. The number of aromatic nitrogens is 3. The molecule has 3 heterocycles. The maximum Gasteiger partial charge on any atom is 0.410 e. The molecule has 0 radical (unpaired) electrons. The summed E-state index contributed by atoms with van der Waals surface area (Å²) < 4.78 is 22.2. The number of rotatable bonds is 3. The Balaban J connectivity index is 1.56. The highest BCUT2D eigenvalue weighted by atomic mass is 79.9. The standard InChI is InChI=1S/C23H25BrClFN4O4/c1-22(2,3)34-21(32)28-8-6-23(33,7-9-28)12-29-13-27-19-15(20(29)31)11-18(25)30(19)14-4-5-17(26)16(24)10-14/h4-5,10-11,13,33H,6-9,12H2,1-3H3. The third-order valence-corrected chi connectivity index (χ3v) is 6.60. The van der Waals surface area contributed by atoms with Crippen molar-refractivity contribution in [1.82, 2.24) is 19.0 Å². The van der Waals surface area contributed by atoms with Crippen LogP contribution in [0.5, 0.6) is 0 Å². The molecule has 0 spiro atoms. The van der Waals surface area contributed by atoms with E-state index >= 15 is 0 Å². The number of carbonyl (C=O) groups excluding carboxylic acids is 1.